The SMILES string of the molecule is O=C(CCc1cn(-c2ccc(-n3cccc(OCCO)c3=O)cc2)cn1)c1ccc(Cl)s1. The van der Waals surface area contributed by atoms with Gasteiger partial charge in [0.15, 0.2) is 11.5 Å². The summed E-state index contributed by atoms with van der Waals surface area (Å²) in [5.74, 6) is 0.237. The van der Waals surface area contributed by atoms with Crippen LogP contribution < -0.4 is 10.3 Å². The molecule has 1 aromatic carbocycles. The summed E-state index contributed by atoms with van der Waals surface area (Å²) in [5.41, 5.74) is 2.09. The maximum Gasteiger partial charge on any atom is 0.297 e. The Labute approximate surface area is 193 Å². The normalized spacial score (nSPS) is 10.9. The van der Waals surface area contributed by atoms with E-state index in [0.717, 1.165) is 11.4 Å². The molecule has 0 radical (unpaired) electrons. The Morgan fingerprint density at radius 3 is 2.62 bits per heavy atom. The molecule has 0 unspecified atom stereocenters. The van der Waals surface area contributed by atoms with Crippen molar-refractivity contribution in [2.45, 2.75) is 12.8 Å². The van der Waals surface area contributed by atoms with E-state index in [1.807, 2.05) is 35.0 Å². The van der Waals surface area contributed by atoms with Crippen molar-refractivity contribution >= 4 is 28.7 Å². The molecule has 0 fully saturated rings. The molecule has 0 spiro atoms. The van der Waals surface area contributed by atoms with Crippen molar-refractivity contribution in [3.8, 4) is 17.1 Å². The Bertz CT molecular complexity index is 1280. The molecule has 7 nitrogen and oxygen atoms in total. The number of ketones is 1. The first-order valence-electron chi connectivity index (χ1n) is 9.92. The van der Waals surface area contributed by atoms with Crippen LogP contribution >= 0.6 is 22.9 Å². The van der Waals surface area contributed by atoms with E-state index in [2.05, 4.69) is 4.98 Å². The molecule has 0 saturated carbocycles. The Balaban J connectivity index is 1.44. The minimum atomic E-state index is -0.296. The average molecular weight is 470 g/mol. The van der Waals surface area contributed by atoms with Crippen molar-refractivity contribution in [1.29, 1.82) is 0 Å². The summed E-state index contributed by atoms with van der Waals surface area (Å²) in [6.07, 6.45) is 6.15. The van der Waals surface area contributed by atoms with Crippen molar-refractivity contribution in [3.05, 3.63) is 92.5 Å². The molecular formula is C23H20ClN3O4S. The number of aliphatic hydroxyl groups excluding tert-OH is 1. The lowest BCUT2D eigenvalue weighted by Crippen LogP contribution is -2.20. The van der Waals surface area contributed by atoms with Gasteiger partial charge in [-0.05, 0) is 55.0 Å². The van der Waals surface area contributed by atoms with Crippen LogP contribution in [-0.4, -0.2) is 38.2 Å². The van der Waals surface area contributed by atoms with Gasteiger partial charge in [-0.1, -0.05) is 11.6 Å². The minimum absolute atomic E-state index is 0.0523. The fraction of sp³-hybridized carbons (Fsp3) is 0.174. The summed E-state index contributed by atoms with van der Waals surface area (Å²) >= 11 is 7.18. The van der Waals surface area contributed by atoms with Crippen LogP contribution in [0.25, 0.3) is 11.4 Å². The maximum absolute atomic E-state index is 12.6. The number of hydrogen-bond acceptors (Lipinski definition) is 6. The molecule has 0 aliphatic carbocycles. The topological polar surface area (TPSA) is 86.4 Å². The number of aliphatic hydroxyl groups is 1. The van der Waals surface area contributed by atoms with Crippen LogP contribution in [0.3, 0.4) is 0 Å². The number of Topliss-reactive ketones (excluding diaryl/α,β-unsaturated/α-hetero) is 1. The molecule has 3 heterocycles. The monoisotopic (exact) mass is 469 g/mol. The summed E-state index contributed by atoms with van der Waals surface area (Å²) in [6, 6.07) is 14.2. The number of ether oxygens (including phenoxy) is 1. The third kappa shape index (κ3) is 4.99. The number of rotatable bonds is 9. The van der Waals surface area contributed by atoms with E-state index in [1.54, 1.807) is 36.8 Å². The molecule has 4 rings (SSSR count). The van der Waals surface area contributed by atoms with Crippen molar-refractivity contribution in [1.82, 2.24) is 14.1 Å². The van der Waals surface area contributed by atoms with Crippen LogP contribution in [-0.2, 0) is 6.42 Å². The molecule has 4 aromatic rings. The van der Waals surface area contributed by atoms with Crippen LogP contribution in [0.2, 0.25) is 4.34 Å². The van der Waals surface area contributed by atoms with Crippen molar-refractivity contribution in [2.75, 3.05) is 13.2 Å². The molecule has 0 aliphatic rings. The zero-order valence-corrected chi connectivity index (χ0v) is 18.6. The summed E-state index contributed by atoms with van der Waals surface area (Å²) in [7, 11) is 0. The van der Waals surface area contributed by atoms with Gasteiger partial charge in [0.25, 0.3) is 5.56 Å². The highest BCUT2D eigenvalue weighted by atomic mass is 35.5. The quantitative estimate of drug-likeness (QED) is 0.375. The van der Waals surface area contributed by atoms with Gasteiger partial charge in [0.2, 0.25) is 0 Å². The molecule has 0 saturated heterocycles. The Morgan fingerprint density at radius 2 is 1.91 bits per heavy atom. The van der Waals surface area contributed by atoms with Gasteiger partial charge in [-0.3, -0.25) is 14.2 Å². The second-order valence-electron chi connectivity index (χ2n) is 6.94. The molecule has 32 heavy (non-hydrogen) atoms. The Hall–Kier alpha value is -3.20. The van der Waals surface area contributed by atoms with Gasteiger partial charge in [0, 0.05) is 30.2 Å². The van der Waals surface area contributed by atoms with Gasteiger partial charge in [0.05, 0.1) is 27.8 Å². The van der Waals surface area contributed by atoms with Crippen LogP contribution in [0.15, 0.2) is 72.0 Å². The molecule has 164 valence electrons. The third-order valence-corrected chi connectivity index (χ3v) is 6.05. The van der Waals surface area contributed by atoms with Gasteiger partial charge >= 0.3 is 0 Å². The molecule has 0 aliphatic heterocycles. The highest BCUT2D eigenvalue weighted by Gasteiger charge is 2.11. The van der Waals surface area contributed by atoms with Crippen molar-refractivity contribution in [2.24, 2.45) is 0 Å². The molecule has 0 atom stereocenters. The molecule has 0 amide bonds. The molecule has 9 heteroatoms. The predicted octanol–water partition coefficient (Wildman–Crippen LogP) is 3.92. The predicted molar refractivity (Wildman–Crippen MR) is 124 cm³/mol. The number of nitrogens with zero attached hydrogens (tertiary/aromatic N) is 3. The fourth-order valence-electron chi connectivity index (χ4n) is 3.19. The van der Waals surface area contributed by atoms with Gasteiger partial charge in [-0.25, -0.2) is 4.98 Å². The van der Waals surface area contributed by atoms with Gasteiger partial charge in [0.1, 0.15) is 6.61 Å². The number of aromatic nitrogens is 3. The second kappa shape index (κ2) is 9.95. The van der Waals surface area contributed by atoms with E-state index in [9.17, 15) is 9.59 Å². The first-order valence-corrected chi connectivity index (χ1v) is 11.1. The number of pyridine rings is 1. The number of halogens is 1. The minimum Gasteiger partial charge on any atom is -0.485 e. The zero-order chi connectivity index (χ0) is 22.5. The summed E-state index contributed by atoms with van der Waals surface area (Å²) < 4.78 is 9.25. The Kier molecular flexibility index (Phi) is 6.84. The van der Waals surface area contributed by atoms with E-state index in [1.165, 1.54) is 15.9 Å². The molecule has 1 N–H and O–H groups in total. The molecule has 0 bridgehead atoms. The van der Waals surface area contributed by atoms with Gasteiger partial charge in [-0.15, -0.1) is 11.3 Å². The van der Waals surface area contributed by atoms with E-state index in [-0.39, 0.29) is 30.3 Å². The zero-order valence-electron chi connectivity index (χ0n) is 17.0. The van der Waals surface area contributed by atoms with E-state index in [4.69, 9.17) is 21.4 Å². The van der Waals surface area contributed by atoms with Crippen LogP contribution in [0.5, 0.6) is 5.75 Å². The number of carbonyl (C=O) groups excluding carboxylic acids is 1. The van der Waals surface area contributed by atoms with Crippen LogP contribution in [0.1, 0.15) is 21.8 Å². The van der Waals surface area contributed by atoms with Crippen molar-refractivity contribution in [3.63, 3.8) is 0 Å². The number of benzene rings is 1. The smallest absolute Gasteiger partial charge is 0.297 e. The molecule has 3 aromatic heterocycles. The average Bonchev–Trinajstić information content (AvgIpc) is 3.46. The van der Waals surface area contributed by atoms with Crippen LogP contribution in [0, 0.1) is 0 Å². The number of carbonyl (C=O) groups is 1. The number of imidazole rings is 1. The lowest BCUT2D eigenvalue weighted by Gasteiger charge is -2.10. The summed E-state index contributed by atoms with van der Waals surface area (Å²) in [6.45, 7) is -0.0969. The van der Waals surface area contributed by atoms with Crippen LogP contribution in [0.4, 0.5) is 0 Å². The number of aryl methyl sites for hydroxylation is 1. The first kappa shape index (κ1) is 22.0. The Morgan fingerprint density at radius 1 is 1.12 bits per heavy atom. The van der Waals surface area contributed by atoms with Crippen molar-refractivity contribution < 1.29 is 14.6 Å². The summed E-state index contributed by atoms with van der Waals surface area (Å²) in [5, 5.41) is 8.90. The lowest BCUT2D eigenvalue weighted by molar-refractivity contribution is 0.0986. The molecular weight excluding hydrogens is 450 g/mol. The fourth-order valence-corrected chi connectivity index (χ4v) is 4.20. The lowest BCUT2D eigenvalue weighted by atomic mass is 10.1. The van der Waals surface area contributed by atoms with E-state index in [0.29, 0.717) is 27.7 Å². The largest absolute Gasteiger partial charge is 0.485 e. The van der Waals surface area contributed by atoms with E-state index < -0.39 is 0 Å². The number of thiophene rings is 1. The number of hydrogen-bond donors (Lipinski definition) is 1. The standard InChI is InChI=1S/C23H20ClN3O4S/c24-22-10-9-21(32-22)19(29)8-3-16-14-26(15-25-16)17-4-6-18(7-5-17)27-11-1-2-20(23(27)30)31-13-12-28/h1-2,4-7,9-11,14-15,28H,3,8,12-13H2. The maximum atomic E-state index is 12.6. The van der Waals surface area contributed by atoms with Gasteiger partial charge < -0.3 is 14.4 Å². The highest BCUT2D eigenvalue weighted by Crippen LogP contribution is 2.23. The highest BCUT2D eigenvalue weighted by molar-refractivity contribution is 7.18. The van der Waals surface area contributed by atoms with Gasteiger partial charge in [-0.2, -0.15) is 0 Å². The van der Waals surface area contributed by atoms with E-state index >= 15 is 0 Å². The third-order valence-electron chi connectivity index (χ3n) is 4.78. The summed E-state index contributed by atoms with van der Waals surface area (Å²) in [4.78, 5) is 29.9. The second-order valence-corrected chi connectivity index (χ2v) is 8.65. The first-order chi connectivity index (χ1) is 15.5.